The molecule has 0 aliphatic rings. The number of nitrogens with two attached hydrogens (primary N) is 2. The number of amides is 1. The normalized spacial score (nSPS) is 12.5. The quantitative estimate of drug-likeness (QED) is 0.683. The van der Waals surface area contributed by atoms with Crippen LogP contribution >= 0.6 is 0 Å². The summed E-state index contributed by atoms with van der Waals surface area (Å²) in [5, 5.41) is 0. The number of nitrogens with zero attached hydrogens (tertiary/aromatic N) is 1. The maximum atomic E-state index is 12.2. The summed E-state index contributed by atoms with van der Waals surface area (Å²) in [6.45, 7) is 3.89. The minimum Gasteiger partial charge on any atom is -0.338 e. The number of hydrogen-bond acceptors (Lipinski definition) is 3. The molecule has 0 saturated heterocycles. The van der Waals surface area contributed by atoms with Crippen LogP contribution in [-0.2, 0) is 4.79 Å². The van der Waals surface area contributed by atoms with Gasteiger partial charge in [-0.05, 0) is 31.9 Å². The molecule has 1 atom stereocenters. The van der Waals surface area contributed by atoms with E-state index in [0.29, 0.717) is 26.1 Å². The SMILES string of the molecule is CCN(CC=Cc1ccccc1)C(=O)[C@@H](N)CCCCN. The number of rotatable bonds is 9. The maximum absolute atomic E-state index is 12.2. The first-order valence-corrected chi connectivity index (χ1v) is 7.65. The molecule has 116 valence electrons. The lowest BCUT2D eigenvalue weighted by Gasteiger charge is -2.23. The van der Waals surface area contributed by atoms with Crippen molar-refractivity contribution in [3.05, 3.63) is 42.0 Å². The van der Waals surface area contributed by atoms with Crippen molar-refractivity contribution in [2.45, 2.75) is 32.2 Å². The molecule has 0 heterocycles. The molecule has 0 bridgehead atoms. The van der Waals surface area contributed by atoms with Crippen molar-refractivity contribution in [2.24, 2.45) is 11.5 Å². The minimum absolute atomic E-state index is 0.0206. The average molecular weight is 289 g/mol. The average Bonchev–Trinajstić information content (AvgIpc) is 2.52. The third-order valence-electron chi connectivity index (χ3n) is 3.42. The van der Waals surface area contributed by atoms with Crippen LogP contribution in [0.15, 0.2) is 36.4 Å². The maximum Gasteiger partial charge on any atom is 0.239 e. The number of carbonyl (C=O) groups excluding carboxylic acids is 1. The number of likely N-dealkylation sites (N-methyl/N-ethyl adjacent to an activating group) is 1. The fraction of sp³-hybridized carbons (Fsp3) is 0.471. The third-order valence-corrected chi connectivity index (χ3v) is 3.42. The molecule has 1 amide bonds. The zero-order chi connectivity index (χ0) is 15.5. The predicted molar refractivity (Wildman–Crippen MR) is 88.6 cm³/mol. The summed E-state index contributed by atoms with van der Waals surface area (Å²) in [6, 6.07) is 9.63. The molecule has 0 aliphatic carbocycles. The van der Waals surface area contributed by atoms with Crippen LogP contribution < -0.4 is 11.5 Å². The molecule has 0 spiro atoms. The Morgan fingerprint density at radius 1 is 1.29 bits per heavy atom. The van der Waals surface area contributed by atoms with Gasteiger partial charge in [-0.15, -0.1) is 0 Å². The van der Waals surface area contributed by atoms with Gasteiger partial charge in [0, 0.05) is 13.1 Å². The van der Waals surface area contributed by atoms with E-state index in [1.54, 1.807) is 4.90 Å². The van der Waals surface area contributed by atoms with Crippen molar-refractivity contribution < 1.29 is 4.79 Å². The van der Waals surface area contributed by atoms with Gasteiger partial charge in [-0.2, -0.15) is 0 Å². The third kappa shape index (κ3) is 6.56. The van der Waals surface area contributed by atoms with Crippen LogP contribution in [0.3, 0.4) is 0 Å². The van der Waals surface area contributed by atoms with E-state index < -0.39 is 6.04 Å². The molecule has 0 aromatic heterocycles. The first-order valence-electron chi connectivity index (χ1n) is 7.65. The molecule has 0 aliphatic heterocycles. The van der Waals surface area contributed by atoms with Gasteiger partial charge in [-0.3, -0.25) is 4.79 Å². The Morgan fingerprint density at radius 3 is 2.62 bits per heavy atom. The van der Waals surface area contributed by atoms with E-state index >= 15 is 0 Å². The van der Waals surface area contributed by atoms with Crippen LogP contribution in [0.1, 0.15) is 31.7 Å². The lowest BCUT2D eigenvalue weighted by atomic mass is 10.1. The summed E-state index contributed by atoms with van der Waals surface area (Å²) in [6.07, 6.45) is 6.55. The van der Waals surface area contributed by atoms with Gasteiger partial charge in [0.2, 0.25) is 5.91 Å². The molecule has 1 rings (SSSR count). The monoisotopic (exact) mass is 289 g/mol. The summed E-state index contributed by atoms with van der Waals surface area (Å²) in [7, 11) is 0. The molecule has 4 heteroatoms. The van der Waals surface area contributed by atoms with Crippen LogP contribution in [0.2, 0.25) is 0 Å². The van der Waals surface area contributed by atoms with Crippen molar-refractivity contribution in [1.29, 1.82) is 0 Å². The van der Waals surface area contributed by atoms with Crippen molar-refractivity contribution in [1.82, 2.24) is 4.90 Å². The van der Waals surface area contributed by atoms with E-state index in [0.717, 1.165) is 18.4 Å². The second-order valence-corrected chi connectivity index (χ2v) is 5.08. The second-order valence-electron chi connectivity index (χ2n) is 5.08. The molecule has 0 saturated carbocycles. The highest BCUT2D eigenvalue weighted by atomic mass is 16.2. The van der Waals surface area contributed by atoms with E-state index in [4.69, 9.17) is 11.5 Å². The Balaban J connectivity index is 2.46. The largest absolute Gasteiger partial charge is 0.338 e. The molecule has 1 aromatic carbocycles. The Labute approximate surface area is 127 Å². The zero-order valence-corrected chi connectivity index (χ0v) is 12.9. The number of carbonyl (C=O) groups is 1. The van der Waals surface area contributed by atoms with Crippen LogP contribution in [0.4, 0.5) is 0 Å². The van der Waals surface area contributed by atoms with Crippen LogP contribution in [-0.4, -0.2) is 36.5 Å². The molecular formula is C17H27N3O. The van der Waals surface area contributed by atoms with Crippen molar-refractivity contribution in [3.8, 4) is 0 Å². The molecule has 0 fully saturated rings. The standard InChI is InChI=1S/C17H27N3O/c1-2-20(17(21)16(19)12-6-7-13-18)14-8-11-15-9-4-3-5-10-15/h3-5,8-11,16H,2,6-7,12-14,18-19H2,1H3/t16-/m0/s1. The molecule has 1 aromatic rings. The second kappa shape index (κ2) is 10.1. The van der Waals surface area contributed by atoms with Gasteiger partial charge in [0.1, 0.15) is 0 Å². The summed E-state index contributed by atoms with van der Waals surface area (Å²) in [5.41, 5.74) is 12.5. The van der Waals surface area contributed by atoms with E-state index in [1.165, 1.54) is 0 Å². The Hall–Kier alpha value is -1.65. The highest BCUT2D eigenvalue weighted by Gasteiger charge is 2.18. The van der Waals surface area contributed by atoms with Gasteiger partial charge in [0.05, 0.1) is 6.04 Å². The lowest BCUT2D eigenvalue weighted by molar-refractivity contribution is -0.132. The van der Waals surface area contributed by atoms with E-state index in [-0.39, 0.29) is 5.91 Å². The van der Waals surface area contributed by atoms with Crippen LogP contribution in [0.5, 0.6) is 0 Å². The number of unbranched alkanes of at least 4 members (excludes halogenated alkanes) is 1. The highest BCUT2D eigenvalue weighted by molar-refractivity contribution is 5.81. The van der Waals surface area contributed by atoms with Gasteiger partial charge in [0.15, 0.2) is 0 Å². The molecule has 0 radical (unpaired) electrons. The predicted octanol–water partition coefficient (Wildman–Crippen LogP) is 2.00. The summed E-state index contributed by atoms with van der Waals surface area (Å²) >= 11 is 0. The molecule has 4 N–H and O–H groups in total. The molecule has 21 heavy (non-hydrogen) atoms. The zero-order valence-electron chi connectivity index (χ0n) is 12.9. The van der Waals surface area contributed by atoms with Crippen molar-refractivity contribution in [3.63, 3.8) is 0 Å². The molecular weight excluding hydrogens is 262 g/mol. The van der Waals surface area contributed by atoms with Gasteiger partial charge in [0.25, 0.3) is 0 Å². The van der Waals surface area contributed by atoms with E-state index in [1.807, 2.05) is 49.4 Å². The highest BCUT2D eigenvalue weighted by Crippen LogP contribution is 2.05. The van der Waals surface area contributed by atoms with Crippen molar-refractivity contribution >= 4 is 12.0 Å². The smallest absolute Gasteiger partial charge is 0.239 e. The first-order chi connectivity index (χ1) is 10.2. The van der Waals surface area contributed by atoms with Gasteiger partial charge in [-0.1, -0.05) is 48.9 Å². The van der Waals surface area contributed by atoms with Crippen LogP contribution in [0, 0.1) is 0 Å². The first kappa shape index (κ1) is 17.4. The summed E-state index contributed by atoms with van der Waals surface area (Å²) < 4.78 is 0. The van der Waals surface area contributed by atoms with Crippen LogP contribution in [0.25, 0.3) is 6.08 Å². The number of benzene rings is 1. The minimum atomic E-state index is -0.415. The fourth-order valence-electron chi connectivity index (χ4n) is 2.12. The molecule has 4 nitrogen and oxygen atoms in total. The van der Waals surface area contributed by atoms with Gasteiger partial charge >= 0.3 is 0 Å². The fourth-order valence-corrected chi connectivity index (χ4v) is 2.12. The Kier molecular flexibility index (Phi) is 8.40. The summed E-state index contributed by atoms with van der Waals surface area (Å²) in [5.74, 6) is 0.0206. The van der Waals surface area contributed by atoms with Crippen molar-refractivity contribution in [2.75, 3.05) is 19.6 Å². The Bertz CT molecular complexity index is 431. The molecule has 0 unspecified atom stereocenters. The lowest BCUT2D eigenvalue weighted by Crippen LogP contribution is -2.43. The number of hydrogen-bond donors (Lipinski definition) is 2. The Morgan fingerprint density at radius 2 is 2.00 bits per heavy atom. The van der Waals surface area contributed by atoms with E-state index in [2.05, 4.69) is 0 Å². The van der Waals surface area contributed by atoms with Gasteiger partial charge < -0.3 is 16.4 Å². The van der Waals surface area contributed by atoms with E-state index in [9.17, 15) is 4.79 Å². The topological polar surface area (TPSA) is 72.3 Å². The van der Waals surface area contributed by atoms with Gasteiger partial charge in [-0.25, -0.2) is 0 Å². The summed E-state index contributed by atoms with van der Waals surface area (Å²) in [4.78, 5) is 14.0.